The van der Waals surface area contributed by atoms with Crippen LogP contribution in [0.4, 0.5) is 5.00 Å². The zero-order valence-corrected chi connectivity index (χ0v) is 18.2. The number of carbonyl (C=O) groups is 2. The van der Waals surface area contributed by atoms with Gasteiger partial charge >= 0.3 is 5.97 Å². The van der Waals surface area contributed by atoms with E-state index in [-0.39, 0.29) is 11.9 Å². The normalized spacial score (nSPS) is 17.2. The summed E-state index contributed by atoms with van der Waals surface area (Å²) in [5, 5.41) is 3.54. The second-order valence-corrected chi connectivity index (χ2v) is 8.90. The molecular formula is C24H25NO4S. The van der Waals surface area contributed by atoms with Gasteiger partial charge in [-0.15, -0.1) is 11.3 Å². The number of esters is 1. The van der Waals surface area contributed by atoms with Gasteiger partial charge in [0.05, 0.1) is 18.4 Å². The summed E-state index contributed by atoms with van der Waals surface area (Å²) in [6.45, 7) is 6.29. The average molecular weight is 424 g/mol. The van der Waals surface area contributed by atoms with E-state index in [4.69, 9.17) is 9.47 Å². The van der Waals surface area contributed by atoms with Crippen LogP contribution in [-0.4, -0.2) is 18.5 Å². The third kappa shape index (κ3) is 4.05. The van der Waals surface area contributed by atoms with E-state index >= 15 is 0 Å². The fourth-order valence-electron chi connectivity index (χ4n) is 3.83. The Morgan fingerprint density at radius 1 is 1.33 bits per heavy atom. The van der Waals surface area contributed by atoms with Gasteiger partial charge in [-0.25, -0.2) is 4.79 Å². The molecule has 156 valence electrons. The quantitative estimate of drug-likeness (QED) is 0.679. The van der Waals surface area contributed by atoms with Gasteiger partial charge in [-0.3, -0.25) is 4.79 Å². The molecule has 2 aliphatic rings. The Morgan fingerprint density at radius 2 is 2.17 bits per heavy atom. The van der Waals surface area contributed by atoms with Gasteiger partial charge in [-0.1, -0.05) is 19.1 Å². The van der Waals surface area contributed by atoms with Crippen molar-refractivity contribution in [2.45, 2.75) is 40.0 Å². The molecule has 2 aromatic rings. The van der Waals surface area contributed by atoms with Crippen LogP contribution in [0.3, 0.4) is 0 Å². The second-order valence-electron chi connectivity index (χ2n) is 7.79. The van der Waals surface area contributed by atoms with Crippen LogP contribution < -0.4 is 10.1 Å². The third-order valence-electron chi connectivity index (χ3n) is 5.40. The van der Waals surface area contributed by atoms with Crippen LogP contribution in [0.2, 0.25) is 0 Å². The summed E-state index contributed by atoms with van der Waals surface area (Å²) in [7, 11) is 0. The molecule has 1 aliphatic carbocycles. The Morgan fingerprint density at radius 3 is 2.97 bits per heavy atom. The molecule has 0 radical (unpaired) electrons. The number of ether oxygens (including phenoxy) is 2. The molecule has 0 bridgehead atoms. The SMILES string of the molecule is CCOC(=O)c1c(NC(=O)C2=Cc3ccc(C)cc3OC=C2)sc2c1CC[C@H](C)C2. The zero-order chi connectivity index (χ0) is 21.3. The Kier molecular flexibility index (Phi) is 5.77. The summed E-state index contributed by atoms with van der Waals surface area (Å²) in [6, 6.07) is 5.84. The molecule has 2 heterocycles. The lowest BCUT2D eigenvalue weighted by molar-refractivity contribution is -0.112. The van der Waals surface area contributed by atoms with Crippen LogP contribution in [0.5, 0.6) is 5.75 Å². The van der Waals surface area contributed by atoms with E-state index in [2.05, 4.69) is 12.2 Å². The van der Waals surface area contributed by atoms with Gasteiger partial charge in [0.15, 0.2) is 0 Å². The first-order valence-electron chi connectivity index (χ1n) is 10.2. The summed E-state index contributed by atoms with van der Waals surface area (Å²) in [6.07, 6.45) is 7.75. The lowest BCUT2D eigenvalue weighted by Gasteiger charge is -2.18. The van der Waals surface area contributed by atoms with Crippen molar-refractivity contribution >= 4 is 34.3 Å². The van der Waals surface area contributed by atoms with Gasteiger partial charge in [0.2, 0.25) is 0 Å². The predicted octanol–water partition coefficient (Wildman–Crippen LogP) is 5.29. The molecular weight excluding hydrogens is 398 g/mol. The molecule has 1 atom stereocenters. The van der Waals surface area contributed by atoms with E-state index in [9.17, 15) is 9.59 Å². The monoisotopic (exact) mass is 423 g/mol. The maximum atomic E-state index is 13.1. The smallest absolute Gasteiger partial charge is 0.341 e. The molecule has 1 aliphatic heterocycles. The number of amides is 1. The first kappa shape index (κ1) is 20.4. The molecule has 0 saturated heterocycles. The van der Waals surface area contributed by atoms with Crippen LogP contribution in [0.1, 0.15) is 52.2 Å². The number of benzene rings is 1. The van der Waals surface area contributed by atoms with Crippen molar-refractivity contribution in [1.29, 1.82) is 0 Å². The molecule has 0 saturated carbocycles. The minimum absolute atomic E-state index is 0.277. The third-order valence-corrected chi connectivity index (χ3v) is 6.57. The number of hydrogen-bond acceptors (Lipinski definition) is 5. The number of aryl methyl sites for hydroxylation is 1. The summed E-state index contributed by atoms with van der Waals surface area (Å²) in [4.78, 5) is 26.9. The highest BCUT2D eigenvalue weighted by atomic mass is 32.1. The second kappa shape index (κ2) is 8.48. The number of carbonyl (C=O) groups excluding carboxylic acids is 2. The highest BCUT2D eigenvalue weighted by molar-refractivity contribution is 7.17. The molecule has 6 heteroatoms. The van der Waals surface area contributed by atoms with Crippen LogP contribution in [0.25, 0.3) is 6.08 Å². The number of nitrogens with one attached hydrogen (secondary N) is 1. The average Bonchev–Trinajstić information content (AvgIpc) is 2.91. The summed E-state index contributed by atoms with van der Waals surface area (Å²) < 4.78 is 10.9. The van der Waals surface area contributed by atoms with Crippen molar-refractivity contribution in [3.63, 3.8) is 0 Å². The topological polar surface area (TPSA) is 64.6 Å². The molecule has 1 aromatic carbocycles. The highest BCUT2D eigenvalue weighted by Gasteiger charge is 2.29. The van der Waals surface area contributed by atoms with Gasteiger partial charge in [-0.2, -0.15) is 0 Å². The van der Waals surface area contributed by atoms with Crippen molar-refractivity contribution in [3.05, 3.63) is 63.2 Å². The van der Waals surface area contributed by atoms with Crippen LogP contribution in [0, 0.1) is 12.8 Å². The Bertz CT molecular complexity index is 1060. The Balaban J connectivity index is 1.66. The molecule has 0 spiro atoms. The van der Waals surface area contributed by atoms with E-state index in [1.54, 1.807) is 19.1 Å². The van der Waals surface area contributed by atoms with E-state index < -0.39 is 0 Å². The fourth-order valence-corrected chi connectivity index (χ4v) is 5.23. The Labute approximate surface area is 180 Å². The molecule has 4 rings (SSSR count). The summed E-state index contributed by atoms with van der Waals surface area (Å²) >= 11 is 1.49. The Hall–Kier alpha value is -2.86. The van der Waals surface area contributed by atoms with Crippen molar-refractivity contribution in [3.8, 4) is 5.75 Å². The molecule has 30 heavy (non-hydrogen) atoms. The van der Waals surface area contributed by atoms with Gasteiger partial charge in [-0.05, 0) is 68.4 Å². The zero-order valence-electron chi connectivity index (χ0n) is 17.4. The highest BCUT2D eigenvalue weighted by Crippen LogP contribution is 2.40. The number of anilines is 1. The van der Waals surface area contributed by atoms with Crippen LogP contribution >= 0.6 is 11.3 Å². The van der Waals surface area contributed by atoms with E-state index in [1.807, 2.05) is 25.1 Å². The lowest BCUT2D eigenvalue weighted by atomic mass is 9.88. The van der Waals surface area contributed by atoms with Gasteiger partial charge < -0.3 is 14.8 Å². The number of rotatable bonds is 4. The molecule has 1 N–H and O–H groups in total. The summed E-state index contributed by atoms with van der Waals surface area (Å²) in [5.74, 6) is 0.635. The van der Waals surface area contributed by atoms with Crippen LogP contribution in [-0.2, 0) is 22.4 Å². The van der Waals surface area contributed by atoms with Gasteiger partial charge in [0.1, 0.15) is 10.8 Å². The van der Waals surface area contributed by atoms with E-state index in [1.165, 1.54) is 22.5 Å². The first-order valence-corrected chi connectivity index (χ1v) is 11.1. The fraction of sp³-hybridized carbons (Fsp3) is 0.333. The molecule has 0 unspecified atom stereocenters. The number of thiophene rings is 1. The minimum Gasteiger partial charge on any atom is -0.464 e. The minimum atomic E-state index is -0.366. The maximum absolute atomic E-state index is 13.1. The largest absolute Gasteiger partial charge is 0.464 e. The van der Waals surface area contributed by atoms with Crippen molar-refractivity contribution in [2.75, 3.05) is 11.9 Å². The van der Waals surface area contributed by atoms with Gasteiger partial charge in [0.25, 0.3) is 5.91 Å². The number of fused-ring (bicyclic) bond motifs is 2. The first-order chi connectivity index (χ1) is 14.5. The van der Waals surface area contributed by atoms with E-state index in [0.29, 0.717) is 34.4 Å². The van der Waals surface area contributed by atoms with Crippen molar-refractivity contribution < 1.29 is 19.1 Å². The van der Waals surface area contributed by atoms with Gasteiger partial charge in [0, 0.05) is 16.0 Å². The molecule has 1 aromatic heterocycles. The van der Waals surface area contributed by atoms with Crippen LogP contribution in [0.15, 0.2) is 36.1 Å². The number of hydrogen-bond donors (Lipinski definition) is 1. The summed E-state index contributed by atoms with van der Waals surface area (Å²) in [5.41, 5.74) is 3.93. The lowest BCUT2D eigenvalue weighted by Crippen LogP contribution is -2.17. The van der Waals surface area contributed by atoms with Crippen molar-refractivity contribution in [1.82, 2.24) is 0 Å². The van der Waals surface area contributed by atoms with Crippen molar-refractivity contribution in [2.24, 2.45) is 5.92 Å². The van der Waals surface area contributed by atoms with E-state index in [0.717, 1.165) is 36.0 Å². The predicted molar refractivity (Wildman–Crippen MR) is 119 cm³/mol. The molecule has 5 nitrogen and oxygen atoms in total. The molecule has 1 amide bonds. The molecule has 0 fully saturated rings. The maximum Gasteiger partial charge on any atom is 0.341 e. The standard InChI is InChI=1S/C24H25NO4S/c1-4-28-24(27)21-18-8-6-15(3)12-20(18)30-23(21)25-22(26)17-9-10-29-19-11-14(2)5-7-16(19)13-17/h5,7,9-11,13,15H,4,6,8,12H2,1-3H3,(H,25,26)/t15-/m0/s1.